The first-order valence-electron chi connectivity index (χ1n) is 4.60. The van der Waals surface area contributed by atoms with Gasteiger partial charge in [0, 0.05) is 17.9 Å². The number of rotatable bonds is 7. The third kappa shape index (κ3) is 6.70. The summed E-state index contributed by atoms with van der Waals surface area (Å²) in [6.45, 7) is 0. The molecule has 0 aromatic rings. The third-order valence-electron chi connectivity index (χ3n) is 1.88. The van der Waals surface area contributed by atoms with Crippen LogP contribution in [0.4, 0.5) is 0 Å². The molecule has 14 heavy (non-hydrogen) atoms. The van der Waals surface area contributed by atoms with Gasteiger partial charge in [-0.1, -0.05) is 0 Å². The largest absolute Gasteiger partial charge is 0.469 e. The number of allylic oxidation sites excluding steroid dienone is 1. The molecule has 3 nitrogen and oxygen atoms in total. The quantitative estimate of drug-likeness (QED) is 0.285. The van der Waals surface area contributed by atoms with Crippen LogP contribution < -0.4 is 0 Å². The van der Waals surface area contributed by atoms with Gasteiger partial charge in [0.15, 0.2) is 0 Å². The Labute approximate surface area is 89.1 Å². The Morgan fingerprint density at radius 3 is 2.43 bits per heavy atom. The first kappa shape index (κ1) is 13.2. The van der Waals surface area contributed by atoms with E-state index in [1.165, 1.54) is 7.11 Å². The summed E-state index contributed by atoms with van der Waals surface area (Å²) in [5.74, 6) is 2.11. The minimum absolute atomic E-state index is 0.209. The molecule has 0 N–H and O–H groups in total. The zero-order chi connectivity index (χ0) is 10.8. The number of carbonyl (C=O) groups excluding carboxylic acids is 2. The monoisotopic (exact) mass is 218 g/mol. The molecule has 0 radical (unpaired) electrons. The van der Waals surface area contributed by atoms with Crippen LogP contribution in [-0.4, -0.2) is 24.9 Å². The second kappa shape index (κ2) is 8.79. The molecule has 0 fully saturated rings. The smallest absolute Gasteiger partial charge is 0.305 e. The number of esters is 1. The van der Waals surface area contributed by atoms with Crippen LogP contribution in [0.1, 0.15) is 32.1 Å². The van der Waals surface area contributed by atoms with Crippen molar-refractivity contribution in [2.75, 3.05) is 13.0 Å². The lowest BCUT2D eigenvalue weighted by atomic mass is 10.1. The Kier molecular flexibility index (Phi) is 8.30. The van der Waals surface area contributed by atoms with E-state index in [0.717, 1.165) is 12.8 Å². The van der Waals surface area contributed by atoms with Gasteiger partial charge >= 0.3 is 5.97 Å². The fourth-order valence-electron chi connectivity index (χ4n) is 1.05. The van der Waals surface area contributed by atoms with E-state index in [9.17, 15) is 9.59 Å². The molecule has 0 spiro atoms. The van der Waals surface area contributed by atoms with Crippen LogP contribution in [-0.2, 0) is 14.3 Å². The SMILES string of the molecule is COC(=O)CCCCC(=C=O)CCCl. The van der Waals surface area contributed by atoms with Crippen LogP contribution in [0.15, 0.2) is 5.57 Å². The summed E-state index contributed by atoms with van der Waals surface area (Å²) in [5, 5.41) is 0. The summed E-state index contributed by atoms with van der Waals surface area (Å²) >= 11 is 5.49. The van der Waals surface area contributed by atoms with Crippen molar-refractivity contribution in [3.05, 3.63) is 5.57 Å². The van der Waals surface area contributed by atoms with Gasteiger partial charge in [0.25, 0.3) is 0 Å². The van der Waals surface area contributed by atoms with Crippen molar-refractivity contribution in [3.8, 4) is 0 Å². The number of unbranched alkanes of at least 4 members (excludes halogenated alkanes) is 1. The normalized spacial score (nSPS) is 9.29. The number of ether oxygens (including phenoxy) is 1. The molecule has 0 unspecified atom stereocenters. The highest BCUT2D eigenvalue weighted by atomic mass is 35.5. The maximum atomic E-state index is 10.7. The third-order valence-corrected chi connectivity index (χ3v) is 2.07. The van der Waals surface area contributed by atoms with E-state index in [-0.39, 0.29) is 5.97 Å². The molecule has 0 heterocycles. The maximum Gasteiger partial charge on any atom is 0.305 e. The van der Waals surface area contributed by atoms with Crippen LogP contribution in [0.25, 0.3) is 0 Å². The highest BCUT2D eigenvalue weighted by molar-refractivity contribution is 6.18. The van der Waals surface area contributed by atoms with Crippen molar-refractivity contribution in [1.82, 2.24) is 0 Å². The van der Waals surface area contributed by atoms with Crippen molar-refractivity contribution >= 4 is 23.5 Å². The predicted molar refractivity (Wildman–Crippen MR) is 55.0 cm³/mol. The van der Waals surface area contributed by atoms with E-state index < -0.39 is 0 Å². The molecular formula is C10H15ClO3. The first-order chi connectivity index (χ1) is 6.74. The Morgan fingerprint density at radius 2 is 1.93 bits per heavy atom. The van der Waals surface area contributed by atoms with Crippen molar-refractivity contribution < 1.29 is 14.3 Å². The van der Waals surface area contributed by atoms with Crippen molar-refractivity contribution in [2.24, 2.45) is 0 Å². The lowest BCUT2D eigenvalue weighted by Crippen LogP contribution is -1.99. The number of methoxy groups -OCH3 is 1. The van der Waals surface area contributed by atoms with Gasteiger partial charge in [0.05, 0.1) is 7.11 Å². The van der Waals surface area contributed by atoms with Gasteiger partial charge in [0.2, 0.25) is 0 Å². The lowest BCUT2D eigenvalue weighted by Gasteiger charge is -2.00. The second-order valence-corrected chi connectivity index (χ2v) is 3.31. The van der Waals surface area contributed by atoms with Crippen LogP contribution >= 0.6 is 11.6 Å². The molecule has 0 aliphatic heterocycles. The second-order valence-electron chi connectivity index (χ2n) is 2.93. The highest BCUT2D eigenvalue weighted by Crippen LogP contribution is 2.10. The molecule has 0 aliphatic carbocycles. The minimum Gasteiger partial charge on any atom is -0.469 e. The summed E-state index contributed by atoms with van der Waals surface area (Å²) in [6.07, 6.45) is 3.21. The molecule has 0 aromatic carbocycles. The Morgan fingerprint density at radius 1 is 1.29 bits per heavy atom. The van der Waals surface area contributed by atoms with Crippen LogP contribution in [0.3, 0.4) is 0 Å². The summed E-state index contributed by atoms with van der Waals surface area (Å²) in [7, 11) is 1.37. The van der Waals surface area contributed by atoms with Gasteiger partial charge in [-0.3, -0.25) is 4.79 Å². The van der Waals surface area contributed by atoms with Crippen molar-refractivity contribution in [1.29, 1.82) is 0 Å². The van der Waals surface area contributed by atoms with Gasteiger partial charge in [0.1, 0.15) is 5.94 Å². The number of halogens is 1. The Bertz CT molecular complexity index is 219. The summed E-state index contributed by atoms with van der Waals surface area (Å²) in [4.78, 5) is 21.1. The average molecular weight is 219 g/mol. The number of hydrogen-bond acceptors (Lipinski definition) is 3. The maximum absolute atomic E-state index is 10.7. The van der Waals surface area contributed by atoms with Gasteiger partial charge in [-0.15, -0.1) is 11.6 Å². The van der Waals surface area contributed by atoms with E-state index in [0.29, 0.717) is 30.7 Å². The van der Waals surface area contributed by atoms with E-state index in [4.69, 9.17) is 11.6 Å². The number of hydrogen-bond donors (Lipinski definition) is 0. The molecule has 80 valence electrons. The van der Waals surface area contributed by atoms with E-state index in [1.807, 2.05) is 5.94 Å². The van der Waals surface area contributed by atoms with Crippen LogP contribution in [0, 0.1) is 0 Å². The van der Waals surface area contributed by atoms with Gasteiger partial charge in [-0.05, 0) is 25.7 Å². The Hall–Kier alpha value is -0.790. The average Bonchev–Trinajstić information content (AvgIpc) is 2.22. The molecule has 0 rings (SSSR count). The molecule has 0 atom stereocenters. The predicted octanol–water partition coefficient (Wildman–Crippen LogP) is 2.11. The zero-order valence-electron chi connectivity index (χ0n) is 8.35. The molecule has 0 aromatic heterocycles. The molecular weight excluding hydrogens is 204 g/mol. The lowest BCUT2D eigenvalue weighted by molar-refractivity contribution is -0.140. The van der Waals surface area contributed by atoms with E-state index >= 15 is 0 Å². The molecule has 0 aliphatic rings. The minimum atomic E-state index is -0.209. The van der Waals surface area contributed by atoms with Gasteiger partial charge < -0.3 is 4.74 Å². The summed E-state index contributed by atoms with van der Waals surface area (Å²) in [5.41, 5.74) is 0.699. The van der Waals surface area contributed by atoms with E-state index in [2.05, 4.69) is 4.74 Å². The topological polar surface area (TPSA) is 43.4 Å². The van der Waals surface area contributed by atoms with Crippen LogP contribution in [0.5, 0.6) is 0 Å². The van der Waals surface area contributed by atoms with E-state index in [1.54, 1.807) is 0 Å². The highest BCUT2D eigenvalue weighted by Gasteiger charge is 2.01. The molecule has 0 saturated carbocycles. The van der Waals surface area contributed by atoms with Gasteiger partial charge in [-0.2, -0.15) is 0 Å². The number of alkyl halides is 1. The Balaban J connectivity index is 3.52. The summed E-state index contributed by atoms with van der Waals surface area (Å²) in [6, 6.07) is 0. The first-order valence-corrected chi connectivity index (χ1v) is 5.13. The summed E-state index contributed by atoms with van der Waals surface area (Å²) < 4.78 is 4.49. The fourth-order valence-corrected chi connectivity index (χ4v) is 1.28. The van der Waals surface area contributed by atoms with Crippen molar-refractivity contribution in [3.63, 3.8) is 0 Å². The zero-order valence-corrected chi connectivity index (χ0v) is 9.10. The van der Waals surface area contributed by atoms with Crippen LogP contribution in [0.2, 0.25) is 0 Å². The molecule has 0 bridgehead atoms. The fraction of sp³-hybridized carbons (Fsp3) is 0.700. The van der Waals surface area contributed by atoms with Gasteiger partial charge in [-0.25, -0.2) is 4.79 Å². The standard InChI is InChI=1S/C10H15ClO3/c1-14-10(13)5-3-2-4-9(8-12)6-7-11/h2-7H2,1H3. The molecule has 0 saturated heterocycles. The molecule has 4 heteroatoms. The number of carbonyl (C=O) groups is 1. The molecule has 0 amide bonds. The van der Waals surface area contributed by atoms with Crippen molar-refractivity contribution in [2.45, 2.75) is 32.1 Å².